The SMILES string of the molecule is CCNC(=O)c1cc(C)c2c(n1)N(C(=O)Nc1n[nH]c3nc(C)ccc13)C1CCCN2C1.FC(F)F. The van der Waals surface area contributed by atoms with Crippen LogP contribution >= 0.6 is 0 Å². The number of carbonyl (C=O) groups is 2. The van der Waals surface area contributed by atoms with Crippen LogP contribution in [-0.2, 0) is 0 Å². The van der Waals surface area contributed by atoms with E-state index in [1.807, 2.05) is 32.9 Å². The molecule has 0 aliphatic carbocycles. The molecule has 5 rings (SSSR count). The number of nitrogens with one attached hydrogen (secondary N) is 3. The number of aromatic nitrogens is 4. The molecule has 0 saturated carbocycles. The first-order chi connectivity index (χ1) is 17.2. The van der Waals surface area contributed by atoms with E-state index < -0.39 is 6.68 Å². The van der Waals surface area contributed by atoms with E-state index in [9.17, 15) is 22.8 Å². The zero-order valence-electron chi connectivity index (χ0n) is 20.1. The van der Waals surface area contributed by atoms with E-state index in [1.165, 1.54) is 0 Å². The van der Waals surface area contributed by atoms with E-state index in [2.05, 4.69) is 35.7 Å². The lowest BCUT2D eigenvalue weighted by Crippen LogP contribution is -2.56. The number of alkyl halides is 3. The maximum atomic E-state index is 13.5. The molecule has 36 heavy (non-hydrogen) atoms. The fourth-order valence-corrected chi connectivity index (χ4v) is 4.64. The molecule has 2 aliphatic heterocycles. The minimum atomic E-state index is -3.67. The lowest BCUT2D eigenvalue weighted by atomic mass is 9.98. The number of hydrogen-bond acceptors (Lipinski definition) is 6. The molecule has 1 fully saturated rings. The monoisotopic (exact) mass is 504 g/mol. The number of carbonyl (C=O) groups excluding carboxylic acids is 2. The van der Waals surface area contributed by atoms with Gasteiger partial charge in [-0.1, -0.05) is 0 Å². The molecule has 192 valence electrons. The summed E-state index contributed by atoms with van der Waals surface area (Å²) in [6.07, 6.45) is 1.86. The highest BCUT2D eigenvalue weighted by Gasteiger charge is 2.39. The van der Waals surface area contributed by atoms with Crippen molar-refractivity contribution in [3.63, 3.8) is 0 Å². The summed E-state index contributed by atoms with van der Waals surface area (Å²) in [5.41, 5.74) is 3.64. The number of aromatic amines is 1. The Balaban J connectivity index is 0.000000709. The van der Waals surface area contributed by atoms with Gasteiger partial charge in [0.15, 0.2) is 17.3 Å². The molecule has 1 atom stereocenters. The summed E-state index contributed by atoms with van der Waals surface area (Å²) < 4.78 is 29.0. The zero-order chi connectivity index (χ0) is 26.0. The molecule has 0 aromatic carbocycles. The van der Waals surface area contributed by atoms with Gasteiger partial charge < -0.3 is 10.2 Å². The molecule has 13 heteroatoms. The molecule has 0 spiro atoms. The van der Waals surface area contributed by atoms with E-state index in [4.69, 9.17) is 0 Å². The number of pyridine rings is 2. The van der Waals surface area contributed by atoms with Crippen LogP contribution < -0.4 is 20.4 Å². The smallest absolute Gasteiger partial charge is 0.366 e. The third kappa shape index (κ3) is 5.04. The lowest BCUT2D eigenvalue weighted by Gasteiger charge is -2.46. The van der Waals surface area contributed by atoms with Crippen LogP contribution in [0.2, 0.25) is 0 Å². The third-order valence-electron chi connectivity index (χ3n) is 6.05. The summed E-state index contributed by atoms with van der Waals surface area (Å²) in [5, 5.41) is 13.6. The quantitative estimate of drug-likeness (QED) is 0.498. The first kappa shape index (κ1) is 25.2. The van der Waals surface area contributed by atoms with Crippen molar-refractivity contribution in [3.05, 3.63) is 35.2 Å². The van der Waals surface area contributed by atoms with Crippen molar-refractivity contribution < 1.29 is 22.8 Å². The number of halogens is 3. The van der Waals surface area contributed by atoms with Crippen molar-refractivity contribution in [1.29, 1.82) is 0 Å². The summed E-state index contributed by atoms with van der Waals surface area (Å²) >= 11 is 0. The van der Waals surface area contributed by atoms with Gasteiger partial charge in [0.1, 0.15) is 5.69 Å². The van der Waals surface area contributed by atoms with Gasteiger partial charge in [0.2, 0.25) is 0 Å². The van der Waals surface area contributed by atoms with Gasteiger partial charge in [-0.3, -0.25) is 20.1 Å². The van der Waals surface area contributed by atoms with E-state index in [1.54, 1.807) is 11.0 Å². The van der Waals surface area contributed by atoms with Crippen LogP contribution in [0.25, 0.3) is 11.0 Å². The Morgan fingerprint density at radius 3 is 2.69 bits per heavy atom. The van der Waals surface area contributed by atoms with Crippen molar-refractivity contribution in [1.82, 2.24) is 25.5 Å². The standard InChI is InChI=1S/C22H26N8O2.CHF3/c1-4-23-21(31)16-10-12(2)17-20(25-16)30(14-6-5-9-29(17)11-14)22(32)26-19-15-8-7-13(3)24-18(15)27-28-19;2-1(3)4/h7-8,10,14H,4-6,9,11H2,1-3H3,(H,23,31)(H2,24,26,27,28,32);1H. The minimum absolute atomic E-state index is 0.0294. The molecule has 2 bridgehead atoms. The van der Waals surface area contributed by atoms with E-state index in [0.29, 0.717) is 29.5 Å². The second-order valence-electron chi connectivity index (χ2n) is 8.57. The van der Waals surface area contributed by atoms with Crippen LogP contribution in [0.5, 0.6) is 0 Å². The molecule has 1 unspecified atom stereocenters. The van der Waals surface area contributed by atoms with Crippen molar-refractivity contribution in [2.45, 2.75) is 46.3 Å². The van der Waals surface area contributed by atoms with Crippen LogP contribution in [0.1, 0.15) is 41.5 Å². The Labute approximate surface area is 205 Å². The molecule has 3 aromatic heterocycles. The van der Waals surface area contributed by atoms with Gasteiger partial charge in [0.25, 0.3) is 5.91 Å². The highest BCUT2D eigenvalue weighted by atomic mass is 19.4. The molecule has 5 heterocycles. The van der Waals surface area contributed by atoms with Crippen molar-refractivity contribution in [2.75, 3.05) is 34.8 Å². The van der Waals surface area contributed by atoms with E-state index in [-0.39, 0.29) is 18.0 Å². The predicted octanol–water partition coefficient (Wildman–Crippen LogP) is 3.92. The van der Waals surface area contributed by atoms with E-state index in [0.717, 1.165) is 48.3 Å². The van der Waals surface area contributed by atoms with Crippen LogP contribution in [0, 0.1) is 13.8 Å². The molecule has 1 saturated heterocycles. The second kappa shape index (κ2) is 10.4. The fraction of sp³-hybridized carbons (Fsp3) is 0.435. The van der Waals surface area contributed by atoms with Crippen LogP contribution in [0.15, 0.2) is 18.2 Å². The first-order valence-corrected chi connectivity index (χ1v) is 11.6. The van der Waals surface area contributed by atoms with Crippen molar-refractivity contribution in [3.8, 4) is 0 Å². The van der Waals surface area contributed by atoms with Gasteiger partial charge in [0.05, 0.1) is 17.1 Å². The van der Waals surface area contributed by atoms with Gasteiger partial charge in [0, 0.05) is 25.3 Å². The van der Waals surface area contributed by atoms with Gasteiger partial charge in [-0.05, 0) is 57.4 Å². The maximum absolute atomic E-state index is 13.5. The van der Waals surface area contributed by atoms with Gasteiger partial charge in [-0.2, -0.15) is 18.3 Å². The molecule has 3 aromatic rings. The van der Waals surface area contributed by atoms with Gasteiger partial charge in [-0.15, -0.1) is 0 Å². The number of hydrogen-bond donors (Lipinski definition) is 3. The first-order valence-electron chi connectivity index (χ1n) is 11.6. The lowest BCUT2D eigenvalue weighted by molar-refractivity contribution is 0.00818. The third-order valence-corrected chi connectivity index (χ3v) is 6.05. The highest BCUT2D eigenvalue weighted by Crippen LogP contribution is 2.40. The van der Waals surface area contributed by atoms with E-state index >= 15 is 0 Å². The topological polar surface area (TPSA) is 119 Å². The molecular formula is C23H27F3N8O2. The average Bonchev–Trinajstić information content (AvgIpc) is 3.20. The highest BCUT2D eigenvalue weighted by molar-refractivity contribution is 6.08. The molecule has 10 nitrogen and oxygen atoms in total. The summed E-state index contributed by atoms with van der Waals surface area (Å²) in [7, 11) is 0. The summed E-state index contributed by atoms with van der Waals surface area (Å²) in [5.74, 6) is 0.701. The average molecular weight is 505 g/mol. The predicted molar refractivity (Wildman–Crippen MR) is 129 cm³/mol. The molecule has 3 N–H and O–H groups in total. The Kier molecular flexibility index (Phi) is 7.27. The molecular weight excluding hydrogens is 477 g/mol. The number of aryl methyl sites for hydroxylation is 2. The fourth-order valence-electron chi connectivity index (χ4n) is 4.64. The minimum Gasteiger partial charge on any atom is -0.366 e. The summed E-state index contributed by atoms with van der Waals surface area (Å²) in [4.78, 5) is 39.1. The summed E-state index contributed by atoms with van der Waals surface area (Å²) in [6.45, 7) is 4.23. The zero-order valence-corrected chi connectivity index (χ0v) is 20.1. The number of fused-ring (bicyclic) bond motifs is 5. The molecule has 2 aliphatic rings. The largest absolute Gasteiger partial charge is 0.379 e. The van der Waals surface area contributed by atoms with Gasteiger partial charge in [-0.25, -0.2) is 14.8 Å². The normalized spacial score (nSPS) is 16.4. The number of amides is 3. The number of H-pyrrole nitrogens is 1. The molecule has 0 radical (unpaired) electrons. The number of anilines is 3. The Hall–Kier alpha value is -3.90. The van der Waals surface area contributed by atoms with Gasteiger partial charge >= 0.3 is 12.7 Å². The second-order valence-corrected chi connectivity index (χ2v) is 8.57. The number of piperidine rings is 1. The van der Waals surface area contributed by atoms with Crippen LogP contribution in [-0.4, -0.2) is 64.5 Å². The number of urea groups is 1. The molecule has 3 amide bonds. The van der Waals surface area contributed by atoms with Crippen LogP contribution in [0.3, 0.4) is 0 Å². The Morgan fingerprint density at radius 1 is 1.22 bits per heavy atom. The van der Waals surface area contributed by atoms with Crippen molar-refractivity contribution in [2.24, 2.45) is 0 Å². The van der Waals surface area contributed by atoms with Crippen molar-refractivity contribution >= 4 is 40.3 Å². The Morgan fingerprint density at radius 2 is 1.97 bits per heavy atom. The van der Waals surface area contributed by atoms with Crippen LogP contribution in [0.4, 0.5) is 35.3 Å². The Bertz CT molecular complexity index is 1280. The number of rotatable bonds is 3. The number of nitrogens with zero attached hydrogens (tertiary/aromatic N) is 5. The maximum Gasteiger partial charge on any atom is 0.379 e. The summed E-state index contributed by atoms with van der Waals surface area (Å²) in [6, 6.07) is 5.22.